The summed E-state index contributed by atoms with van der Waals surface area (Å²) < 4.78 is 5.61. The SMILES string of the molecule is CCn1c(=O)/c(=C2\Sc3ccccc3N2C)s/c1=C\c1cccc[n+]1CCCCC(=O)O. The van der Waals surface area contributed by atoms with Crippen LogP contribution < -0.4 is 24.2 Å². The lowest BCUT2D eigenvalue weighted by Crippen LogP contribution is -2.38. The number of aryl methyl sites for hydroxylation is 1. The number of pyridine rings is 1. The fourth-order valence-electron chi connectivity index (χ4n) is 3.78. The lowest BCUT2D eigenvalue weighted by atomic mass is 10.2. The van der Waals surface area contributed by atoms with E-state index < -0.39 is 5.97 Å². The summed E-state index contributed by atoms with van der Waals surface area (Å²) in [4.78, 5) is 27.3. The lowest BCUT2D eigenvalue weighted by Gasteiger charge is -2.11. The van der Waals surface area contributed by atoms with Gasteiger partial charge in [0.05, 0.1) is 5.69 Å². The highest BCUT2D eigenvalue weighted by Crippen LogP contribution is 2.44. The van der Waals surface area contributed by atoms with E-state index in [-0.39, 0.29) is 12.0 Å². The molecule has 166 valence electrons. The molecule has 32 heavy (non-hydrogen) atoms. The number of para-hydroxylation sites is 1. The molecule has 1 aliphatic rings. The van der Waals surface area contributed by atoms with Gasteiger partial charge in [-0.3, -0.25) is 14.2 Å². The smallest absolute Gasteiger partial charge is 0.303 e. The zero-order valence-corrected chi connectivity index (χ0v) is 19.8. The average Bonchev–Trinajstić information content (AvgIpc) is 3.28. The van der Waals surface area contributed by atoms with Crippen LogP contribution in [0.3, 0.4) is 0 Å². The fourth-order valence-corrected chi connectivity index (χ4v) is 6.24. The van der Waals surface area contributed by atoms with Crippen LogP contribution in [0.25, 0.3) is 11.1 Å². The molecule has 0 saturated heterocycles. The first-order valence-electron chi connectivity index (χ1n) is 10.7. The fraction of sp³-hybridized carbons (Fsp3) is 0.292. The second-order valence-corrected chi connectivity index (χ2v) is 9.63. The van der Waals surface area contributed by atoms with Crippen molar-refractivity contribution >= 4 is 45.9 Å². The summed E-state index contributed by atoms with van der Waals surface area (Å²) in [6, 6.07) is 14.2. The zero-order chi connectivity index (χ0) is 22.7. The van der Waals surface area contributed by atoms with Crippen LogP contribution in [-0.4, -0.2) is 22.7 Å². The Kier molecular flexibility index (Phi) is 6.81. The zero-order valence-electron chi connectivity index (χ0n) is 18.2. The summed E-state index contributed by atoms with van der Waals surface area (Å²) in [7, 11) is 2.01. The van der Waals surface area contributed by atoms with E-state index in [1.165, 1.54) is 11.3 Å². The number of carboxylic acid groups (broad SMARTS) is 1. The normalized spacial score (nSPS) is 15.3. The molecular weight excluding hydrogens is 442 g/mol. The number of thioether (sulfide) groups is 1. The highest BCUT2D eigenvalue weighted by Gasteiger charge is 2.24. The molecule has 8 heteroatoms. The van der Waals surface area contributed by atoms with Crippen molar-refractivity contribution in [3.63, 3.8) is 0 Å². The van der Waals surface area contributed by atoms with Crippen LogP contribution in [0.4, 0.5) is 5.69 Å². The maximum Gasteiger partial charge on any atom is 0.303 e. The summed E-state index contributed by atoms with van der Waals surface area (Å²) >= 11 is 3.16. The molecule has 1 aliphatic heterocycles. The molecule has 4 rings (SSSR count). The third kappa shape index (κ3) is 4.52. The third-order valence-corrected chi connectivity index (χ3v) is 7.93. The van der Waals surface area contributed by atoms with Gasteiger partial charge >= 0.3 is 5.97 Å². The minimum Gasteiger partial charge on any atom is -0.481 e. The quantitative estimate of drug-likeness (QED) is 0.427. The number of carboxylic acids is 1. The maximum absolute atomic E-state index is 13.3. The van der Waals surface area contributed by atoms with Gasteiger partial charge in [0.25, 0.3) is 5.56 Å². The number of benzene rings is 1. The van der Waals surface area contributed by atoms with Gasteiger partial charge in [-0.15, -0.1) is 11.3 Å². The van der Waals surface area contributed by atoms with Gasteiger partial charge in [0, 0.05) is 49.5 Å². The van der Waals surface area contributed by atoms with E-state index in [1.807, 2.05) is 55.1 Å². The lowest BCUT2D eigenvalue weighted by molar-refractivity contribution is -0.699. The summed E-state index contributed by atoms with van der Waals surface area (Å²) in [5.41, 5.74) is 2.16. The number of thiazole rings is 1. The van der Waals surface area contributed by atoms with E-state index in [4.69, 9.17) is 5.11 Å². The molecule has 0 aliphatic carbocycles. The van der Waals surface area contributed by atoms with Gasteiger partial charge in [0.2, 0.25) is 5.69 Å². The predicted molar refractivity (Wildman–Crippen MR) is 129 cm³/mol. The molecule has 0 saturated carbocycles. The molecule has 3 aromatic rings. The molecular formula is C24H26N3O3S2+. The molecule has 3 heterocycles. The minimum atomic E-state index is -0.762. The van der Waals surface area contributed by atoms with E-state index >= 15 is 0 Å². The van der Waals surface area contributed by atoms with E-state index in [0.717, 1.165) is 43.5 Å². The maximum atomic E-state index is 13.3. The summed E-state index contributed by atoms with van der Waals surface area (Å²) in [5, 5.41) is 9.83. The van der Waals surface area contributed by atoms with Gasteiger partial charge in [-0.25, -0.2) is 0 Å². The number of rotatable bonds is 7. The van der Waals surface area contributed by atoms with Crippen molar-refractivity contribution in [2.45, 2.75) is 44.2 Å². The van der Waals surface area contributed by atoms with Crippen molar-refractivity contribution in [3.05, 3.63) is 73.9 Å². The Balaban J connectivity index is 1.74. The Morgan fingerprint density at radius 2 is 1.94 bits per heavy atom. The van der Waals surface area contributed by atoms with E-state index in [9.17, 15) is 9.59 Å². The molecule has 0 spiro atoms. The number of aromatic nitrogens is 2. The first-order chi connectivity index (χ1) is 15.5. The highest BCUT2D eigenvalue weighted by molar-refractivity contribution is 8.08. The van der Waals surface area contributed by atoms with Gasteiger partial charge in [-0.05, 0) is 31.5 Å². The summed E-state index contributed by atoms with van der Waals surface area (Å²) in [5.74, 6) is -0.762. The summed E-state index contributed by atoms with van der Waals surface area (Å²) in [6.07, 6.45) is 5.67. The first-order valence-corrected chi connectivity index (χ1v) is 12.3. The van der Waals surface area contributed by atoms with Crippen molar-refractivity contribution in [3.8, 4) is 0 Å². The Hall–Kier alpha value is -2.84. The predicted octanol–water partition coefficient (Wildman–Crippen LogP) is 2.61. The van der Waals surface area contributed by atoms with Crippen LogP contribution in [0.15, 0.2) is 58.4 Å². The topological polar surface area (TPSA) is 66.4 Å². The largest absolute Gasteiger partial charge is 0.481 e. The molecule has 0 unspecified atom stereocenters. The van der Waals surface area contributed by atoms with Gasteiger partial charge in [0.1, 0.15) is 20.8 Å². The van der Waals surface area contributed by atoms with Gasteiger partial charge in [-0.2, -0.15) is 4.57 Å². The number of unbranched alkanes of at least 4 members (excludes halogenated alkanes) is 1. The van der Waals surface area contributed by atoms with Gasteiger partial charge < -0.3 is 10.0 Å². The number of anilines is 1. The number of hydrogen-bond acceptors (Lipinski definition) is 5. The molecule has 0 amide bonds. The van der Waals surface area contributed by atoms with Crippen molar-refractivity contribution < 1.29 is 14.5 Å². The first kappa shape index (κ1) is 22.4. The highest BCUT2D eigenvalue weighted by atomic mass is 32.2. The Morgan fingerprint density at radius 1 is 1.16 bits per heavy atom. The number of fused-ring (bicyclic) bond motifs is 1. The van der Waals surface area contributed by atoms with Crippen molar-refractivity contribution in [1.82, 2.24) is 4.57 Å². The molecule has 6 nitrogen and oxygen atoms in total. The van der Waals surface area contributed by atoms with Gasteiger partial charge in [-0.1, -0.05) is 23.9 Å². The second kappa shape index (κ2) is 9.75. The second-order valence-electron chi connectivity index (χ2n) is 7.57. The molecule has 2 aromatic heterocycles. The monoisotopic (exact) mass is 468 g/mol. The molecule has 0 radical (unpaired) electrons. The van der Waals surface area contributed by atoms with Gasteiger partial charge in [0.15, 0.2) is 6.20 Å². The molecule has 0 bridgehead atoms. The van der Waals surface area contributed by atoms with E-state index in [2.05, 4.69) is 27.7 Å². The average molecular weight is 469 g/mol. The molecule has 1 aromatic carbocycles. The van der Waals surface area contributed by atoms with Crippen molar-refractivity contribution in [1.29, 1.82) is 0 Å². The van der Waals surface area contributed by atoms with Crippen LogP contribution in [0.2, 0.25) is 0 Å². The molecule has 0 fully saturated rings. The van der Waals surface area contributed by atoms with E-state index in [1.54, 1.807) is 11.8 Å². The minimum absolute atomic E-state index is 0.0369. The molecule has 0 atom stereocenters. The van der Waals surface area contributed by atoms with Crippen LogP contribution in [0.1, 0.15) is 31.9 Å². The Bertz CT molecular complexity index is 1330. The number of carbonyl (C=O) groups is 1. The summed E-state index contributed by atoms with van der Waals surface area (Å²) in [6.45, 7) is 3.33. The number of nitrogens with zero attached hydrogens (tertiary/aromatic N) is 3. The van der Waals surface area contributed by atoms with Crippen molar-refractivity contribution in [2.75, 3.05) is 11.9 Å². The van der Waals surface area contributed by atoms with Crippen LogP contribution in [0.5, 0.6) is 0 Å². The van der Waals surface area contributed by atoms with E-state index in [0.29, 0.717) is 13.0 Å². The standard InChI is InChI=1S/C24H25N3O3S2/c1-3-27-20(16-17-10-6-8-14-26(17)15-9-7-13-21(28)29)32-22(23(27)30)24-25(2)18-11-4-5-12-19(18)31-24/h4-6,8,10-12,14,16H,3,7,9,13,15H2,1-2H3/p+1/b24-22+. The van der Waals surface area contributed by atoms with Crippen LogP contribution in [0, 0.1) is 0 Å². The van der Waals surface area contributed by atoms with Crippen LogP contribution in [-0.2, 0) is 17.9 Å². The third-order valence-electron chi connectivity index (χ3n) is 5.45. The van der Waals surface area contributed by atoms with Crippen molar-refractivity contribution in [2.24, 2.45) is 0 Å². The molecule has 1 N–H and O–H groups in total. The number of hydrogen-bond donors (Lipinski definition) is 1. The van der Waals surface area contributed by atoms with Crippen LogP contribution >= 0.6 is 23.1 Å². The number of aliphatic carboxylic acids is 1. The Morgan fingerprint density at radius 3 is 2.69 bits per heavy atom. The Labute approximate surface area is 194 Å².